The Balaban J connectivity index is 1.05. The zero-order valence-corrected chi connectivity index (χ0v) is 28.5. The molecule has 0 aromatic heterocycles. The van der Waals surface area contributed by atoms with E-state index in [-0.39, 0.29) is 97.7 Å². The first-order valence-corrected chi connectivity index (χ1v) is 18.1. The number of piperidine rings is 1. The molecular formula is C33H35ClN2O13S. The number of aliphatic hydroxyl groups excluding tert-OH is 1. The van der Waals surface area contributed by atoms with Gasteiger partial charge in [0.2, 0.25) is 11.8 Å². The first kappa shape index (κ1) is 37.0. The van der Waals surface area contributed by atoms with Crippen LogP contribution in [0.3, 0.4) is 0 Å². The second-order valence-corrected chi connectivity index (χ2v) is 14.2. The lowest BCUT2D eigenvalue weighted by Gasteiger charge is -2.27. The maximum Gasteiger partial charge on any atom is 0.262 e. The van der Waals surface area contributed by atoms with Gasteiger partial charge in [-0.2, -0.15) is 0 Å². The van der Waals surface area contributed by atoms with E-state index in [0.29, 0.717) is 12.2 Å². The smallest absolute Gasteiger partial charge is 0.262 e. The summed E-state index contributed by atoms with van der Waals surface area (Å²) < 4.78 is 47.0. The minimum atomic E-state index is -3.81. The van der Waals surface area contributed by atoms with Gasteiger partial charge in [-0.1, -0.05) is 11.6 Å². The van der Waals surface area contributed by atoms with Crippen molar-refractivity contribution in [1.82, 2.24) is 10.2 Å². The molecule has 2 heterocycles. The number of halogens is 1. The first-order valence-electron chi connectivity index (χ1n) is 15.8. The molecule has 5 rings (SSSR count). The molecule has 1 aliphatic carbocycles. The van der Waals surface area contributed by atoms with Gasteiger partial charge in [0, 0.05) is 24.7 Å². The number of benzene rings is 2. The Kier molecular flexibility index (Phi) is 11.7. The number of nitrogens with one attached hydrogen (secondary N) is 1. The number of aliphatic hydroxyl groups is 1. The summed E-state index contributed by atoms with van der Waals surface area (Å²) in [5, 5.41) is 12.1. The zero-order valence-electron chi connectivity index (χ0n) is 27.0. The number of rotatable bonds is 15. The maximum absolute atomic E-state index is 13.1. The van der Waals surface area contributed by atoms with Crippen molar-refractivity contribution >= 4 is 56.6 Å². The minimum Gasteiger partial charge on any atom is -0.491 e. The van der Waals surface area contributed by atoms with Crippen molar-refractivity contribution in [2.24, 2.45) is 5.92 Å². The molecule has 1 saturated carbocycles. The van der Waals surface area contributed by atoms with Crippen molar-refractivity contribution in [2.75, 3.05) is 45.9 Å². The molecule has 3 atom stereocenters. The molecule has 2 aromatic carbocycles. The topological polar surface area (TPSA) is 209 Å². The van der Waals surface area contributed by atoms with Gasteiger partial charge in [0.05, 0.1) is 48.7 Å². The van der Waals surface area contributed by atoms with Crippen molar-refractivity contribution in [3.8, 4) is 11.5 Å². The van der Waals surface area contributed by atoms with Crippen molar-refractivity contribution in [3.05, 3.63) is 52.0 Å². The number of amides is 4. The Bertz CT molecular complexity index is 1830. The Hall–Kier alpha value is -4.22. The molecule has 3 unspecified atom stereocenters. The third-order valence-corrected chi connectivity index (χ3v) is 9.91. The number of Topliss-reactive ketones (excluding diaryl/α,β-unsaturated/α-hetero) is 2. The van der Waals surface area contributed by atoms with E-state index in [2.05, 4.69) is 5.32 Å². The predicted octanol–water partition coefficient (Wildman–Crippen LogP) is 1.55. The van der Waals surface area contributed by atoms with Gasteiger partial charge in [-0.15, -0.1) is 0 Å². The summed E-state index contributed by atoms with van der Waals surface area (Å²) in [7, 11) is -3.81. The van der Waals surface area contributed by atoms with Crippen LogP contribution in [0.2, 0.25) is 5.02 Å². The molecule has 268 valence electrons. The van der Waals surface area contributed by atoms with Gasteiger partial charge in [-0.25, -0.2) is 8.42 Å². The van der Waals surface area contributed by atoms with Crippen molar-refractivity contribution < 1.29 is 61.2 Å². The molecule has 0 spiro atoms. The molecule has 1 saturated heterocycles. The van der Waals surface area contributed by atoms with E-state index in [9.17, 15) is 42.3 Å². The second kappa shape index (κ2) is 15.8. The molecule has 4 amide bonds. The van der Waals surface area contributed by atoms with E-state index in [1.54, 1.807) is 0 Å². The average Bonchev–Trinajstić information content (AvgIpc) is 3.30. The van der Waals surface area contributed by atoms with E-state index < -0.39 is 63.1 Å². The number of fused-ring (bicyclic) bond motifs is 1. The van der Waals surface area contributed by atoms with Gasteiger partial charge in [-0.3, -0.25) is 39.0 Å². The lowest BCUT2D eigenvalue weighted by atomic mass is 9.80. The van der Waals surface area contributed by atoms with E-state index in [1.165, 1.54) is 30.3 Å². The van der Waals surface area contributed by atoms with Crippen LogP contribution in [-0.4, -0.2) is 112 Å². The number of nitrogens with zero attached hydrogens (tertiary/aromatic N) is 1. The number of ether oxygens (including phenoxy) is 4. The molecule has 15 nitrogen and oxygen atoms in total. The summed E-state index contributed by atoms with van der Waals surface area (Å²) in [5.74, 6) is -4.74. The monoisotopic (exact) mass is 734 g/mol. The van der Waals surface area contributed by atoms with Crippen LogP contribution in [0.15, 0.2) is 35.2 Å². The molecule has 3 aliphatic rings. The van der Waals surface area contributed by atoms with Crippen LogP contribution in [0.4, 0.5) is 0 Å². The molecule has 2 N–H and O–H groups in total. The highest BCUT2D eigenvalue weighted by atomic mass is 35.5. The highest BCUT2D eigenvalue weighted by Crippen LogP contribution is 2.38. The standard InChI is InChI=1S/C33H35ClN2O13S/c1-50(44,45)25-9-7-20(29(40)27-23(37)3-2-4-24(27)38)28(34)30(25)49-16-14-47-12-11-46-13-15-48-18-5-6-19-21(17-18)33(43)36(32(19)42)22-8-10-26(39)35-31(22)41/h5-7,9,17,22-23,27,37H,2-4,8,10-16H2,1H3,(H,35,39,41). The summed E-state index contributed by atoms with van der Waals surface area (Å²) in [6, 6.07) is 5.70. The van der Waals surface area contributed by atoms with Gasteiger partial charge in [0.15, 0.2) is 21.4 Å². The number of sulfone groups is 1. The van der Waals surface area contributed by atoms with Crippen LogP contribution < -0.4 is 14.8 Å². The summed E-state index contributed by atoms with van der Waals surface area (Å²) in [4.78, 5) is 75.6. The largest absolute Gasteiger partial charge is 0.491 e. The summed E-state index contributed by atoms with van der Waals surface area (Å²) in [5.41, 5.74) is 0.102. The number of hydrogen-bond donors (Lipinski definition) is 2. The fourth-order valence-corrected chi connectivity index (χ4v) is 7.13. The third-order valence-electron chi connectivity index (χ3n) is 8.42. The van der Waals surface area contributed by atoms with Gasteiger partial charge in [-0.05, 0) is 49.6 Å². The molecule has 2 aliphatic heterocycles. The number of ketones is 2. The Labute approximate surface area is 292 Å². The van der Waals surface area contributed by atoms with Crippen LogP contribution in [0.1, 0.15) is 63.2 Å². The number of carbonyl (C=O) groups excluding carboxylic acids is 6. The predicted molar refractivity (Wildman–Crippen MR) is 173 cm³/mol. The highest BCUT2D eigenvalue weighted by Gasteiger charge is 2.45. The maximum atomic E-state index is 13.1. The quantitative estimate of drug-likeness (QED) is 0.115. The van der Waals surface area contributed by atoms with E-state index in [4.69, 9.17) is 30.5 Å². The summed E-state index contributed by atoms with van der Waals surface area (Å²) >= 11 is 6.44. The summed E-state index contributed by atoms with van der Waals surface area (Å²) in [6.45, 7) is 0.439. The molecule has 50 heavy (non-hydrogen) atoms. The lowest BCUT2D eigenvalue weighted by molar-refractivity contribution is -0.136. The first-order chi connectivity index (χ1) is 23.8. The normalized spacial score (nSPS) is 20.9. The van der Waals surface area contributed by atoms with Gasteiger partial charge in [0.25, 0.3) is 11.8 Å². The average molecular weight is 735 g/mol. The molecule has 0 radical (unpaired) electrons. The number of carbonyl (C=O) groups is 6. The zero-order chi connectivity index (χ0) is 36.2. The summed E-state index contributed by atoms with van der Waals surface area (Å²) in [6.07, 6.45) is 0.786. The van der Waals surface area contributed by atoms with Crippen LogP contribution >= 0.6 is 11.6 Å². The van der Waals surface area contributed by atoms with Crippen LogP contribution in [0.5, 0.6) is 11.5 Å². The number of imide groups is 2. The van der Waals surface area contributed by atoms with Gasteiger partial charge < -0.3 is 24.1 Å². The molecule has 2 aromatic rings. The van der Waals surface area contributed by atoms with E-state index in [1.807, 2.05) is 0 Å². The van der Waals surface area contributed by atoms with E-state index in [0.717, 1.165) is 11.2 Å². The van der Waals surface area contributed by atoms with Crippen molar-refractivity contribution in [3.63, 3.8) is 0 Å². The Morgan fingerprint density at radius 2 is 1.56 bits per heavy atom. The van der Waals surface area contributed by atoms with Crippen LogP contribution in [0.25, 0.3) is 0 Å². The molecule has 2 fully saturated rings. The third kappa shape index (κ3) is 8.05. The van der Waals surface area contributed by atoms with E-state index >= 15 is 0 Å². The SMILES string of the molecule is CS(=O)(=O)c1ccc(C(=O)C2C(=O)CCCC2O)c(Cl)c1OCCOCCOCCOc1ccc2c(c1)C(=O)N(C1CCC(=O)NC1=O)C2=O. The van der Waals surface area contributed by atoms with Crippen molar-refractivity contribution in [2.45, 2.75) is 49.1 Å². The van der Waals surface area contributed by atoms with Crippen LogP contribution in [-0.2, 0) is 33.7 Å². The fraction of sp³-hybridized carbons (Fsp3) is 0.455. The van der Waals surface area contributed by atoms with Gasteiger partial charge >= 0.3 is 0 Å². The minimum absolute atomic E-state index is 0.00903. The Morgan fingerprint density at radius 1 is 0.900 bits per heavy atom. The Morgan fingerprint density at radius 3 is 2.22 bits per heavy atom. The number of hydrogen-bond acceptors (Lipinski definition) is 13. The van der Waals surface area contributed by atoms with Crippen LogP contribution in [0, 0.1) is 5.92 Å². The lowest BCUT2D eigenvalue weighted by Crippen LogP contribution is -2.54. The molecular weight excluding hydrogens is 700 g/mol. The molecule has 0 bridgehead atoms. The van der Waals surface area contributed by atoms with Crippen molar-refractivity contribution in [1.29, 1.82) is 0 Å². The van der Waals surface area contributed by atoms with Gasteiger partial charge in [0.1, 0.15) is 41.6 Å². The highest BCUT2D eigenvalue weighted by molar-refractivity contribution is 7.90. The molecule has 17 heteroatoms. The fourth-order valence-electron chi connectivity index (χ4n) is 5.95. The second-order valence-electron chi connectivity index (χ2n) is 11.9.